The molecule has 8 nitrogen and oxygen atoms in total. The van der Waals surface area contributed by atoms with Gasteiger partial charge in [-0.15, -0.1) is 11.3 Å². The second-order valence-corrected chi connectivity index (χ2v) is 7.04. The van der Waals surface area contributed by atoms with Crippen LogP contribution in [-0.2, 0) is 4.79 Å². The van der Waals surface area contributed by atoms with E-state index in [0.29, 0.717) is 11.7 Å². The van der Waals surface area contributed by atoms with Crippen LogP contribution in [0.15, 0.2) is 29.6 Å². The minimum Gasteiger partial charge on any atom is -0.497 e. The Balaban J connectivity index is 1.89. The maximum atomic E-state index is 12.3. The first-order valence-electron chi connectivity index (χ1n) is 8.49. The molecular weight excluding hydrogens is 366 g/mol. The van der Waals surface area contributed by atoms with E-state index in [4.69, 9.17) is 4.74 Å². The first-order chi connectivity index (χ1) is 12.9. The SMILES string of the molecule is COc1cccc(Nc2nc(C(=O)NC(C)C(=O)NCCN(C)C)cs2)c1. The van der Waals surface area contributed by atoms with Crippen LogP contribution in [0.3, 0.4) is 0 Å². The normalized spacial score (nSPS) is 11.7. The van der Waals surface area contributed by atoms with Crippen LogP contribution in [0.4, 0.5) is 10.8 Å². The largest absolute Gasteiger partial charge is 0.497 e. The van der Waals surface area contributed by atoms with Gasteiger partial charge in [0.1, 0.15) is 17.5 Å². The number of rotatable bonds is 9. The quantitative estimate of drug-likeness (QED) is 0.602. The van der Waals surface area contributed by atoms with E-state index in [1.54, 1.807) is 19.4 Å². The Hall–Kier alpha value is -2.65. The summed E-state index contributed by atoms with van der Waals surface area (Å²) in [7, 11) is 5.45. The second kappa shape index (κ2) is 9.89. The van der Waals surface area contributed by atoms with Crippen LogP contribution in [0, 0.1) is 0 Å². The van der Waals surface area contributed by atoms with Crippen LogP contribution in [0.2, 0.25) is 0 Å². The highest BCUT2D eigenvalue weighted by molar-refractivity contribution is 7.14. The van der Waals surface area contributed by atoms with Gasteiger partial charge in [-0.05, 0) is 33.2 Å². The number of hydrogen-bond donors (Lipinski definition) is 3. The van der Waals surface area contributed by atoms with Crippen LogP contribution in [-0.4, -0.2) is 62.0 Å². The van der Waals surface area contributed by atoms with E-state index in [1.165, 1.54) is 11.3 Å². The third-order valence-corrected chi connectivity index (χ3v) is 4.41. The molecule has 27 heavy (non-hydrogen) atoms. The average molecular weight is 391 g/mol. The van der Waals surface area contributed by atoms with E-state index in [2.05, 4.69) is 20.9 Å². The molecule has 0 fully saturated rings. The van der Waals surface area contributed by atoms with Crippen molar-refractivity contribution < 1.29 is 14.3 Å². The summed E-state index contributed by atoms with van der Waals surface area (Å²) in [6.07, 6.45) is 0. The van der Waals surface area contributed by atoms with Crippen molar-refractivity contribution in [3.63, 3.8) is 0 Å². The molecule has 1 heterocycles. The van der Waals surface area contributed by atoms with E-state index in [9.17, 15) is 9.59 Å². The van der Waals surface area contributed by atoms with Gasteiger partial charge in [-0.3, -0.25) is 9.59 Å². The van der Waals surface area contributed by atoms with Crippen LogP contribution < -0.4 is 20.7 Å². The first-order valence-corrected chi connectivity index (χ1v) is 9.37. The van der Waals surface area contributed by atoms with Gasteiger partial charge < -0.3 is 25.6 Å². The molecule has 1 aromatic heterocycles. The lowest BCUT2D eigenvalue weighted by Gasteiger charge is -2.15. The highest BCUT2D eigenvalue weighted by Gasteiger charge is 2.18. The number of nitrogens with zero attached hydrogens (tertiary/aromatic N) is 2. The summed E-state index contributed by atoms with van der Waals surface area (Å²) in [5.74, 6) is 0.110. The molecule has 1 atom stereocenters. The number of hydrogen-bond acceptors (Lipinski definition) is 7. The zero-order valence-corrected chi connectivity index (χ0v) is 16.7. The minimum absolute atomic E-state index is 0.227. The zero-order chi connectivity index (χ0) is 19.8. The zero-order valence-electron chi connectivity index (χ0n) is 15.9. The Labute approximate surface area is 162 Å². The Kier molecular flexibility index (Phi) is 7.56. The summed E-state index contributed by atoms with van der Waals surface area (Å²) in [6, 6.07) is 6.78. The van der Waals surface area contributed by atoms with Crippen molar-refractivity contribution in [2.24, 2.45) is 0 Å². The first kappa shape index (κ1) is 20.7. The van der Waals surface area contributed by atoms with Crippen molar-refractivity contribution in [3.05, 3.63) is 35.3 Å². The van der Waals surface area contributed by atoms with Crippen LogP contribution in [0.5, 0.6) is 5.75 Å². The lowest BCUT2D eigenvalue weighted by molar-refractivity contribution is -0.122. The molecule has 0 spiro atoms. The van der Waals surface area contributed by atoms with Crippen molar-refractivity contribution >= 4 is 34.0 Å². The van der Waals surface area contributed by atoms with Gasteiger partial charge in [-0.1, -0.05) is 6.07 Å². The van der Waals surface area contributed by atoms with Crippen molar-refractivity contribution in [2.75, 3.05) is 39.6 Å². The van der Waals surface area contributed by atoms with Crippen LogP contribution in [0.1, 0.15) is 17.4 Å². The van der Waals surface area contributed by atoms with Crippen molar-refractivity contribution in [2.45, 2.75) is 13.0 Å². The van der Waals surface area contributed by atoms with Gasteiger partial charge in [-0.2, -0.15) is 0 Å². The minimum atomic E-state index is -0.642. The van der Waals surface area contributed by atoms with E-state index in [1.807, 2.05) is 43.3 Å². The molecule has 146 valence electrons. The Morgan fingerprint density at radius 1 is 1.33 bits per heavy atom. The fourth-order valence-electron chi connectivity index (χ4n) is 2.15. The molecule has 3 N–H and O–H groups in total. The maximum absolute atomic E-state index is 12.3. The number of ether oxygens (including phenoxy) is 1. The number of amides is 2. The van der Waals surface area contributed by atoms with E-state index >= 15 is 0 Å². The van der Waals surface area contributed by atoms with Crippen LogP contribution >= 0.6 is 11.3 Å². The standard InChI is InChI=1S/C18H25N5O3S/c1-12(16(24)19-8-9-23(2)3)20-17(25)15-11-27-18(22-15)21-13-6-5-7-14(10-13)26-4/h5-7,10-12H,8-9H2,1-4H3,(H,19,24)(H,20,25)(H,21,22). The molecule has 0 aliphatic heterocycles. The average Bonchev–Trinajstić information content (AvgIpc) is 3.10. The molecular formula is C18H25N5O3S. The summed E-state index contributed by atoms with van der Waals surface area (Å²) in [5, 5.41) is 10.8. The summed E-state index contributed by atoms with van der Waals surface area (Å²) in [5.41, 5.74) is 1.07. The topological polar surface area (TPSA) is 95.6 Å². The number of thiazole rings is 1. The fraction of sp³-hybridized carbons (Fsp3) is 0.389. The predicted octanol–water partition coefficient (Wildman–Crippen LogP) is 1.69. The third kappa shape index (κ3) is 6.54. The van der Waals surface area contributed by atoms with Gasteiger partial charge in [0.25, 0.3) is 5.91 Å². The lowest BCUT2D eigenvalue weighted by atomic mass is 10.3. The van der Waals surface area contributed by atoms with E-state index in [-0.39, 0.29) is 17.5 Å². The molecule has 0 aliphatic rings. The number of methoxy groups -OCH3 is 1. The van der Waals surface area contributed by atoms with Crippen LogP contribution in [0.25, 0.3) is 0 Å². The number of nitrogens with one attached hydrogen (secondary N) is 3. The van der Waals surface area contributed by atoms with Gasteiger partial charge in [0.05, 0.1) is 7.11 Å². The van der Waals surface area contributed by atoms with Crippen molar-refractivity contribution in [1.82, 2.24) is 20.5 Å². The molecule has 0 saturated heterocycles. The Morgan fingerprint density at radius 3 is 2.81 bits per heavy atom. The summed E-state index contributed by atoms with van der Waals surface area (Å²) in [4.78, 5) is 30.6. The number of carbonyl (C=O) groups is 2. The monoisotopic (exact) mass is 391 g/mol. The smallest absolute Gasteiger partial charge is 0.271 e. The lowest BCUT2D eigenvalue weighted by Crippen LogP contribution is -2.46. The fourth-order valence-corrected chi connectivity index (χ4v) is 2.86. The molecule has 1 unspecified atom stereocenters. The van der Waals surface area contributed by atoms with Crippen molar-refractivity contribution in [1.29, 1.82) is 0 Å². The van der Waals surface area contributed by atoms with Crippen molar-refractivity contribution in [3.8, 4) is 5.75 Å². The van der Waals surface area contributed by atoms with E-state index < -0.39 is 6.04 Å². The molecule has 2 amide bonds. The van der Waals surface area contributed by atoms with E-state index in [0.717, 1.165) is 18.0 Å². The van der Waals surface area contributed by atoms with Gasteiger partial charge >= 0.3 is 0 Å². The number of likely N-dealkylation sites (N-methyl/N-ethyl adjacent to an activating group) is 1. The number of benzene rings is 1. The summed E-state index contributed by atoms with van der Waals surface area (Å²) < 4.78 is 5.18. The molecule has 2 aromatic rings. The molecule has 0 aliphatic carbocycles. The Bertz CT molecular complexity index is 778. The summed E-state index contributed by atoms with van der Waals surface area (Å²) in [6.45, 7) is 2.90. The van der Waals surface area contributed by atoms with Gasteiger partial charge in [0.2, 0.25) is 5.91 Å². The molecule has 1 aromatic carbocycles. The van der Waals surface area contributed by atoms with Gasteiger partial charge in [-0.25, -0.2) is 4.98 Å². The molecule has 9 heteroatoms. The molecule has 2 rings (SSSR count). The van der Waals surface area contributed by atoms with Gasteiger partial charge in [0, 0.05) is 30.2 Å². The number of aromatic nitrogens is 1. The maximum Gasteiger partial charge on any atom is 0.271 e. The molecule has 0 radical (unpaired) electrons. The molecule has 0 saturated carbocycles. The van der Waals surface area contributed by atoms with Gasteiger partial charge in [0.15, 0.2) is 5.13 Å². The third-order valence-electron chi connectivity index (χ3n) is 3.66. The summed E-state index contributed by atoms with van der Waals surface area (Å²) >= 11 is 1.31. The Morgan fingerprint density at radius 2 is 2.11 bits per heavy atom. The molecule has 0 bridgehead atoms. The highest BCUT2D eigenvalue weighted by Crippen LogP contribution is 2.23. The number of anilines is 2. The number of carbonyl (C=O) groups excluding carboxylic acids is 2. The second-order valence-electron chi connectivity index (χ2n) is 6.18. The predicted molar refractivity (Wildman–Crippen MR) is 107 cm³/mol. The highest BCUT2D eigenvalue weighted by atomic mass is 32.1.